The summed E-state index contributed by atoms with van der Waals surface area (Å²) in [5, 5.41) is 4.98. The zero-order valence-corrected chi connectivity index (χ0v) is 9.70. The maximum atomic E-state index is 4.51. The number of imidazole rings is 1. The van der Waals surface area contributed by atoms with Gasteiger partial charge in [0, 0.05) is 18.3 Å². The number of benzene rings is 1. The van der Waals surface area contributed by atoms with E-state index in [0.717, 1.165) is 29.3 Å². The second-order valence-electron chi connectivity index (χ2n) is 3.46. The fourth-order valence-electron chi connectivity index (χ4n) is 1.49. The molecule has 2 N–H and O–H groups in total. The Bertz CT molecular complexity index is 420. The van der Waals surface area contributed by atoms with Crippen LogP contribution in [0, 0.1) is 0 Å². The molecule has 0 saturated carbocycles. The molecule has 15 heavy (non-hydrogen) atoms. The van der Waals surface area contributed by atoms with E-state index in [1.807, 2.05) is 30.0 Å². The van der Waals surface area contributed by atoms with E-state index < -0.39 is 0 Å². The first-order valence-electron chi connectivity index (χ1n) is 4.74. The van der Waals surface area contributed by atoms with Gasteiger partial charge in [0.05, 0.1) is 11.0 Å². The van der Waals surface area contributed by atoms with E-state index in [0.29, 0.717) is 5.25 Å². The number of nitrogens with one attached hydrogen (secondary N) is 2. The molecule has 0 atom stereocenters. The van der Waals surface area contributed by atoms with E-state index in [4.69, 9.17) is 0 Å². The number of H-pyrrole nitrogens is 1. The Balaban J connectivity index is 0.000000853. The first kappa shape index (κ1) is 10.8. The largest absolute Gasteiger partial charge is 0.333 e. The van der Waals surface area contributed by atoms with Crippen molar-refractivity contribution in [3.05, 3.63) is 24.3 Å². The van der Waals surface area contributed by atoms with Crippen molar-refractivity contribution in [2.75, 3.05) is 13.1 Å². The van der Waals surface area contributed by atoms with Crippen molar-refractivity contribution in [3.63, 3.8) is 0 Å². The van der Waals surface area contributed by atoms with Crippen molar-refractivity contribution in [1.82, 2.24) is 15.3 Å². The van der Waals surface area contributed by atoms with Crippen LogP contribution in [-0.4, -0.2) is 28.3 Å². The van der Waals surface area contributed by atoms with Crippen molar-refractivity contribution in [2.45, 2.75) is 10.4 Å². The van der Waals surface area contributed by atoms with E-state index in [1.54, 1.807) is 0 Å². The van der Waals surface area contributed by atoms with Gasteiger partial charge in [0.2, 0.25) is 0 Å². The zero-order valence-electron chi connectivity index (χ0n) is 8.06. The maximum absolute atomic E-state index is 4.51. The minimum atomic E-state index is 0. The lowest BCUT2D eigenvalue weighted by atomic mass is 10.3. The average Bonchev–Trinajstić information content (AvgIpc) is 2.53. The molecule has 3 rings (SSSR count). The van der Waals surface area contributed by atoms with Crippen LogP contribution in [0.5, 0.6) is 0 Å². The predicted octanol–water partition coefficient (Wildman–Crippen LogP) is 2.05. The van der Waals surface area contributed by atoms with Gasteiger partial charge in [-0.15, -0.1) is 12.4 Å². The molecule has 0 aliphatic carbocycles. The molecule has 1 aromatic heterocycles. The van der Waals surface area contributed by atoms with Gasteiger partial charge in [-0.3, -0.25) is 0 Å². The number of nitrogens with zero attached hydrogens (tertiary/aromatic N) is 1. The standard InChI is InChI=1S/C10H11N3S.ClH/c1-2-4-9-8(3-1)12-10(13-9)14-7-5-11-6-7;/h1-4,7,11H,5-6H2,(H,12,13);1H. The normalized spacial score (nSPS) is 16.0. The molecule has 1 aliphatic heterocycles. The van der Waals surface area contributed by atoms with E-state index in [-0.39, 0.29) is 12.4 Å². The van der Waals surface area contributed by atoms with Crippen molar-refractivity contribution in [1.29, 1.82) is 0 Å². The summed E-state index contributed by atoms with van der Waals surface area (Å²) in [6, 6.07) is 8.14. The van der Waals surface area contributed by atoms with Crippen LogP contribution in [-0.2, 0) is 0 Å². The van der Waals surface area contributed by atoms with Crippen LogP contribution in [0.4, 0.5) is 0 Å². The van der Waals surface area contributed by atoms with Crippen LogP contribution in [0.25, 0.3) is 11.0 Å². The summed E-state index contributed by atoms with van der Waals surface area (Å²) in [5.74, 6) is 0. The highest BCUT2D eigenvalue weighted by Gasteiger charge is 2.19. The Hall–Kier alpha value is -0.710. The highest BCUT2D eigenvalue weighted by molar-refractivity contribution is 7.99. The number of hydrogen-bond donors (Lipinski definition) is 2. The van der Waals surface area contributed by atoms with Crippen LogP contribution >= 0.6 is 24.2 Å². The molecule has 1 aromatic carbocycles. The van der Waals surface area contributed by atoms with Crippen LogP contribution in [0.1, 0.15) is 0 Å². The van der Waals surface area contributed by atoms with E-state index >= 15 is 0 Å². The topological polar surface area (TPSA) is 40.7 Å². The maximum Gasteiger partial charge on any atom is 0.166 e. The van der Waals surface area contributed by atoms with Gasteiger partial charge in [-0.05, 0) is 12.1 Å². The van der Waals surface area contributed by atoms with Crippen LogP contribution in [0.2, 0.25) is 0 Å². The molecule has 0 radical (unpaired) electrons. The Labute approximate surface area is 98.5 Å². The quantitative estimate of drug-likeness (QED) is 0.846. The van der Waals surface area contributed by atoms with E-state index in [2.05, 4.69) is 21.4 Å². The van der Waals surface area contributed by atoms with Gasteiger partial charge in [-0.2, -0.15) is 0 Å². The van der Waals surface area contributed by atoms with Crippen LogP contribution < -0.4 is 5.32 Å². The van der Waals surface area contributed by atoms with Crippen molar-refractivity contribution >= 4 is 35.2 Å². The summed E-state index contributed by atoms with van der Waals surface area (Å²) >= 11 is 1.83. The fourth-order valence-corrected chi connectivity index (χ4v) is 2.53. The van der Waals surface area contributed by atoms with Gasteiger partial charge in [-0.25, -0.2) is 4.98 Å². The molecule has 1 saturated heterocycles. The van der Waals surface area contributed by atoms with Crippen molar-refractivity contribution in [3.8, 4) is 0 Å². The molecule has 5 heteroatoms. The smallest absolute Gasteiger partial charge is 0.166 e. The van der Waals surface area contributed by atoms with Gasteiger partial charge >= 0.3 is 0 Å². The third kappa shape index (κ3) is 2.12. The summed E-state index contributed by atoms with van der Waals surface area (Å²) in [6.07, 6.45) is 0. The van der Waals surface area contributed by atoms with Gasteiger partial charge in [-0.1, -0.05) is 23.9 Å². The summed E-state index contributed by atoms with van der Waals surface area (Å²) in [7, 11) is 0. The number of aromatic nitrogens is 2. The predicted molar refractivity (Wildman–Crippen MR) is 65.9 cm³/mol. The number of halogens is 1. The fraction of sp³-hybridized carbons (Fsp3) is 0.300. The van der Waals surface area contributed by atoms with E-state index in [1.165, 1.54) is 0 Å². The molecule has 2 aromatic rings. The van der Waals surface area contributed by atoms with Gasteiger partial charge < -0.3 is 10.3 Å². The molecule has 0 bridgehead atoms. The molecular formula is C10H12ClN3S. The first-order valence-corrected chi connectivity index (χ1v) is 5.62. The summed E-state index contributed by atoms with van der Waals surface area (Å²) in [4.78, 5) is 7.83. The van der Waals surface area contributed by atoms with Gasteiger partial charge in [0.15, 0.2) is 5.16 Å². The highest BCUT2D eigenvalue weighted by Crippen LogP contribution is 2.24. The number of aromatic amines is 1. The number of fused-ring (bicyclic) bond motifs is 1. The SMILES string of the molecule is Cl.c1ccc2[nH]c(SC3CNC3)nc2c1. The van der Waals surface area contributed by atoms with Gasteiger partial charge in [0.1, 0.15) is 0 Å². The molecule has 0 spiro atoms. The third-order valence-corrected chi connectivity index (χ3v) is 3.47. The summed E-state index contributed by atoms with van der Waals surface area (Å²) in [5.41, 5.74) is 2.18. The lowest BCUT2D eigenvalue weighted by Gasteiger charge is -2.24. The van der Waals surface area contributed by atoms with E-state index in [9.17, 15) is 0 Å². The Kier molecular flexibility index (Phi) is 3.19. The number of thioether (sulfide) groups is 1. The Morgan fingerprint density at radius 2 is 2.07 bits per heavy atom. The monoisotopic (exact) mass is 241 g/mol. The van der Waals surface area contributed by atoms with Crippen LogP contribution in [0.3, 0.4) is 0 Å². The second-order valence-corrected chi connectivity index (χ2v) is 4.75. The molecule has 2 heterocycles. The summed E-state index contributed by atoms with van der Waals surface area (Å²) in [6.45, 7) is 2.20. The lowest BCUT2D eigenvalue weighted by molar-refractivity contribution is 0.543. The van der Waals surface area contributed by atoms with Crippen molar-refractivity contribution in [2.24, 2.45) is 0 Å². The van der Waals surface area contributed by atoms with Gasteiger partial charge in [0.25, 0.3) is 0 Å². The minimum absolute atomic E-state index is 0. The molecule has 1 aliphatic rings. The average molecular weight is 242 g/mol. The highest BCUT2D eigenvalue weighted by atomic mass is 35.5. The first-order chi connectivity index (χ1) is 6.92. The Morgan fingerprint density at radius 1 is 1.27 bits per heavy atom. The molecular weight excluding hydrogens is 230 g/mol. The summed E-state index contributed by atoms with van der Waals surface area (Å²) < 4.78 is 0. The third-order valence-electron chi connectivity index (χ3n) is 2.39. The molecule has 0 unspecified atom stereocenters. The zero-order chi connectivity index (χ0) is 9.38. The number of para-hydroxylation sites is 2. The molecule has 3 nitrogen and oxygen atoms in total. The number of hydrogen-bond acceptors (Lipinski definition) is 3. The second kappa shape index (κ2) is 4.43. The molecule has 0 amide bonds. The van der Waals surface area contributed by atoms with Crippen LogP contribution in [0.15, 0.2) is 29.4 Å². The molecule has 80 valence electrons. The van der Waals surface area contributed by atoms with Crippen molar-refractivity contribution < 1.29 is 0 Å². The Morgan fingerprint density at radius 3 is 2.73 bits per heavy atom. The minimum Gasteiger partial charge on any atom is -0.333 e. The number of rotatable bonds is 2. The molecule has 1 fully saturated rings. The lowest BCUT2D eigenvalue weighted by Crippen LogP contribution is -2.44.